The summed E-state index contributed by atoms with van der Waals surface area (Å²) in [6.07, 6.45) is 9.47. The summed E-state index contributed by atoms with van der Waals surface area (Å²) in [5.41, 5.74) is 3.22. The number of hydrogen-bond acceptors (Lipinski definition) is 6. The van der Waals surface area contributed by atoms with Gasteiger partial charge in [0, 0.05) is 19.1 Å². The van der Waals surface area contributed by atoms with Gasteiger partial charge in [-0.3, -0.25) is 14.7 Å². The van der Waals surface area contributed by atoms with Crippen molar-refractivity contribution in [1.82, 2.24) is 5.32 Å². The number of nitrogens with zero attached hydrogens (tertiary/aromatic N) is 3. The van der Waals surface area contributed by atoms with Gasteiger partial charge < -0.3 is 14.8 Å². The molecule has 1 aromatic carbocycles. The number of amides is 2. The number of allylic oxidation sites excluding steroid dienone is 1. The van der Waals surface area contributed by atoms with Gasteiger partial charge in [0.2, 0.25) is 5.91 Å². The highest BCUT2D eigenvalue weighted by molar-refractivity contribution is 5.94. The molecule has 29 heavy (non-hydrogen) atoms. The van der Waals surface area contributed by atoms with Crippen LogP contribution in [-0.2, 0) is 9.53 Å². The van der Waals surface area contributed by atoms with Crippen LogP contribution in [0.5, 0.6) is 5.75 Å². The Morgan fingerprint density at radius 3 is 3.00 bits per heavy atom. The third-order valence-electron chi connectivity index (χ3n) is 4.58. The van der Waals surface area contributed by atoms with Crippen molar-refractivity contribution in [3.8, 4) is 24.3 Å². The summed E-state index contributed by atoms with van der Waals surface area (Å²) >= 11 is 0. The van der Waals surface area contributed by atoms with Gasteiger partial charge in [0.05, 0.1) is 37.8 Å². The van der Waals surface area contributed by atoms with Crippen molar-refractivity contribution >= 4 is 29.0 Å². The smallest absolute Gasteiger partial charge is 0.414 e. The molecule has 0 spiro atoms. The fourth-order valence-electron chi connectivity index (χ4n) is 3.16. The molecule has 2 heterocycles. The summed E-state index contributed by atoms with van der Waals surface area (Å²) in [7, 11) is 0. The summed E-state index contributed by atoms with van der Waals surface area (Å²) in [5.74, 6) is 0.163. The third-order valence-corrected chi connectivity index (χ3v) is 4.58. The number of hydrogen-bond donors (Lipinski definition) is 1. The zero-order valence-corrected chi connectivity index (χ0v) is 16.0. The van der Waals surface area contributed by atoms with Crippen LogP contribution in [0.4, 0.5) is 10.5 Å². The summed E-state index contributed by atoms with van der Waals surface area (Å²) in [4.78, 5) is 29.2. The molecule has 1 saturated heterocycles. The van der Waals surface area contributed by atoms with Crippen LogP contribution in [0.25, 0.3) is 5.57 Å². The number of benzene rings is 1. The maximum Gasteiger partial charge on any atom is 0.414 e. The first-order valence-corrected chi connectivity index (χ1v) is 9.09. The largest absolute Gasteiger partial charge is 0.442 e. The fourth-order valence-corrected chi connectivity index (χ4v) is 3.16. The number of cyclic esters (lactones) is 1. The van der Waals surface area contributed by atoms with Crippen molar-refractivity contribution in [3.63, 3.8) is 0 Å². The number of aliphatic imine (C=N–C) groups is 1. The summed E-state index contributed by atoms with van der Waals surface area (Å²) in [6, 6.07) is 7.48. The molecule has 2 amide bonds. The Morgan fingerprint density at radius 2 is 2.34 bits per heavy atom. The van der Waals surface area contributed by atoms with Gasteiger partial charge in [0.1, 0.15) is 12.2 Å². The maximum atomic E-state index is 12.3. The summed E-state index contributed by atoms with van der Waals surface area (Å²) < 4.78 is 10.6. The molecule has 1 aromatic rings. The second kappa shape index (κ2) is 8.94. The lowest BCUT2D eigenvalue weighted by Crippen LogP contribution is -2.33. The molecule has 1 atom stereocenters. The standard InChI is InChI=1S/C21H20N4O4/c1-3-28-20-10-15(16-4-6-17(8-9-22)24-11-16)5-7-19(20)25-13-18(29-21(25)27)12-23-14(2)26/h1,4-5,7,10,18H,6,8,11-13H2,2H3,(H,23,26). The molecule has 2 aliphatic rings. The number of anilines is 1. The number of carbonyl (C=O) groups is 2. The fraction of sp³-hybridized carbons (Fsp3) is 0.333. The van der Waals surface area contributed by atoms with Crippen molar-refractivity contribution in [2.45, 2.75) is 25.9 Å². The minimum absolute atomic E-state index is 0.193. The monoisotopic (exact) mass is 392 g/mol. The quantitative estimate of drug-likeness (QED) is 0.748. The van der Waals surface area contributed by atoms with Gasteiger partial charge in [0.25, 0.3) is 0 Å². The average Bonchev–Trinajstić information content (AvgIpc) is 3.08. The lowest BCUT2D eigenvalue weighted by atomic mass is 9.99. The number of carbonyl (C=O) groups excluding carboxylic acids is 2. The van der Waals surface area contributed by atoms with Crippen molar-refractivity contribution in [2.75, 3.05) is 24.5 Å². The molecule has 0 saturated carbocycles. The molecule has 8 nitrogen and oxygen atoms in total. The van der Waals surface area contributed by atoms with Gasteiger partial charge in [-0.1, -0.05) is 18.6 Å². The van der Waals surface area contributed by atoms with Crippen LogP contribution < -0.4 is 15.0 Å². The highest BCUT2D eigenvalue weighted by Crippen LogP contribution is 2.35. The van der Waals surface area contributed by atoms with E-state index in [-0.39, 0.29) is 19.0 Å². The van der Waals surface area contributed by atoms with Gasteiger partial charge in [0.15, 0.2) is 5.75 Å². The summed E-state index contributed by atoms with van der Waals surface area (Å²) in [5, 5.41) is 11.4. The Morgan fingerprint density at radius 1 is 1.52 bits per heavy atom. The lowest BCUT2D eigenvalue weighted by Gasteiger charge is -2.18. The van der Waals surface area contributed by atoms with Crippen molar-refractivity contribution < 1.29 is 19.1 Å². The van der Waals surface area contributed by atoms with E-state index in [4.69, 9.17) is 21.2 Å². The predicted molar refractivity (Wildman–Crippen MR) is 107 cm³/mol. The number of rotatable bonds is 6. The van der Waals surface area contributed by atoms with E-state index >= 15 is 0 Å². The van der Waals surface area contributed by atoms with Crippen LogP contribution in [-0.4, -0.2) is 43.5 Å². The number of dihydropyridines is 1. The minimum atomic E-state index is -0.530. The number of nitrogens with one attached hydrogen (secondary N) is 1. The molecular formula is C21H20N4O4. The zero-order valence-electron chi connectivity index (χ0n) is 16.0. The molecular weight excluding hydrogens is 372 g/mol. The minimum Gasteiger partial charge on any atom is -0.442 e. The van der Waals surface area contributed by atoms with Crippen LogP contribution in [0.1, 0.15) is 25.3 Å². The molecule has 148 valence electrons. The molecule has 0 aromatic heterocycles. The van der Waals surface area contributed by atoms with Gasteiger partial charge in [-0.05, 0) is 23.3 Å². The van der Waals surface area contributed by atoms with Crippen LogP contribution in [0.2, 0.25) is 0 Å². The number of nitriles is 1. The summed E-state index contributed by atoms with van der Waals surface area (Å²) in [6.45, 7) is 2.37. The Labute approximate surface area is 168 Å². The van der Waals surface area contributed by atoms with Gasteiger partial charge >= 0.3 is 6.09 Å². The van der Waals surface area contributed by atoms with E-state index in [0.29, 0.717) is 30.8 Å². The van der Waals surface area contributed by atoms with E-state index in [0.717, 1.165) is 16.8 Å². The Kier molecular flexibility index (Phi) is 6.16. The molecule has 0 radical (unpaired) electrons. The Hall–Kier alpha value is -3.78. The van der Waals surface area contributed by atoms with Gasteiger partial charge in [-0.25, -0.2) is 4.79 Å². The van der Waals surface area contributed by atoms with Crippen molar-refractivity contribution in [3.05, 3.63) is 29.8 Å². The first kappa shape index (κ1) is 20.0. The first-order chi connectivity index (χ1) is 14.0. The van der Waals surface area contributed by atoms with E-state index in [9.17, 15) is 9.59 Å². The van der Waals surface area contributed by atoms with E-state index in [1.165, 1.54) is 11.8 Å². The molecule has 2 aliphatic heterocycles. The van der Waals surface area contributed by atoms with Crippen LogP contribution >= 0.6 is 0 Å². The number of ether oxygens (including phenoxy) is 2. The highest BCUT2D eigenvalue weighted by Gasteiger charge is 2.34. The number of terminal acetylenes is 1. The average molecular weight is 392 g/mol. The van der Waals surface area contributed by atoms with E-state index < -0.39 is 12.2 Å². The molecule has 0 aliphatic carbocycles. The van der Waals surface area contributed by atoms with Gasteiger partial charge in [-0.15, -0.1) is 0 Å². The topological polar surface area (TPSA) is 104 Å². The van der Waals surface area contributed by atoms with Crippen molar-refractivity contribution in [2.24, 2.45) is 4.99 Å². The lowest BCUT2D eigenvalue weighted by molar-refractivity contribution is -0.119. The molecule has 3 rings (SSSR count). The predicted octanol–water partition coefficient (Wildman–Crippen LogP) is 2.26. The van der Waals surface area contributed by atoms with E-state index in [2.05, 4.69) is 22.5 Å². The van der Waals surface area contributed by atoms with Crippen molar-refractivity contribution in [1.29, 1.82) is 5.26 Å². The molecule has 1 unspecified atom stereocenters. The normalized spacial score (nSPS) is 18.1. The molecule has 8 heteroatoms. The molecule has 0 bridgehead atoms. The SMILES string of the molecule is C#COc1cc(C2=CCC(CC#N)=NC2)ccc1N1CC(CNC(C)=O)OC1=O. The van der Waals surface area contributed by atoms with Gasteiger partial charge in [-0.2, -0.15) is 5.26 Å². The first-order valence-electron chi connectivity index (χ1n) is 9.09. The van der Waals surface area contributed by atoms with Crippen LogP contribution in [0, 0.1) is 23.9 Å². The third kappa shape index (κ3) is 4.74. The molecule has 1 fully saturated rings. The van der Waals surface area contributed by atoms with E-state index in [1.54, 1.807) is 12.1 Å². The maximum absolute atomic E-state index is 12.3. The van der Waals surface area contributed by atoms with Crippen LogP contribution in [0.15, 0.2) is 29.3 Å². The van der Waals surface area contributed by atoms with Crippen LogP contribution in [0.3, 0.4) is 0 Å². The van der Waals surface area contributed by atoms with E-state index in [1.807, 2.05) is 12.1 Å². The Balaban J connectivity index is 1.79. The Bertz CT molecular complexity index is 968. The molecule has 1 N–H and O–H groups in total. The second-order valence-electron chi connectivity index (χ2n) is 6.61. The highest BCUT2D eigenvalue weighted by atomic mass is 16.6. The zero-order chi connectivity index (χ0) is 20.8. The second-order valence-corrected chi connectivity index (χ2v) is 6.61.